The molecule has 3 heterocycles. The van der Waals surface area contributed by atoms with E-state index in [1.54, 1.807) is 22.7 Å². The molecule has 2 aromatic heterocycles. The van der Waals surface area contributed by atoms with E-state index in [2.05, 4.69) is 20.3 Å². The second-order valence-electron chi connectivity index (χ2n) is 5.84. The zero-order valence-electron chi connectivity index (χ0n) is 13.8. The van der Waals surface area contributed by atoms with Gasteiger partial charge >= 0.3 is 6.08 Å². The van der Waals surface area contributed by atoms with Gasteiger partial charge in [-0.2, -0.15) is 14.4 Å². The molecule has 1 N–H and O–H groups in total. The van der Waals surface area contributed by atoms with Crippen LogP contribution in [0.2, 0.25) is 0 Å². The summed E-state index contributed by atoms with van der Waals surface area (Å²) in [6, 6.07) is 7.85. The van der Waals surface area contributed by atoms with E-state index in [9.17, 15) is 4.39 Å². The van der Waals surface area contributed by atoms with Crippen molar-refractivity contribution in [2.24, 2.45) is 0 Å². The normalized spacial score (nSPS) is 17.8. The number of nitrogens with one attached hydrogen (secondary N) is 1. The van der Waals surface area contributed by atoms with E-state index in [1.807, 2.05) is 30.5 Å². The first kappa shape index (κ1) is 16.3. The molecular weight excluding hydrogens is 341 g/mol. The average Bonchev–Trinajstić information content (AvgIpc) is 3.07. The van der Waals surface area contributed by atoms with Gasteiger partial charge in [-0.3, -0.25) is 4.57 Å². The average molecular weight is 359 g/mol. The number of hydrogen-bond donors (Lipinski definition) is 1. The number of rotatable bonds is 4. The Morgan fingerprint density at radius 1 is 1.24 bits per heavy atom. The molecule has 1 aliphatic rings. The summed E-state index contributed by atoms with van der Waals surface area (Å²) in [6.45, 7) is 0.699. The first-order valence-electron chi connectivity index (χ1n) is 8.17. The molecule has 0 aliphatic carbocycles. The molecule has 1 aliphatic heterocycles. The molecule has 1 aromatic carbocycles. The van der Waals surface area contributed by atoms with Crippen LogP contribution in [0.4, 0.5) is 15.9 Å². The Morgan fingerprint density at radius 2 is 2.08 bits per heavy atom. The Kier molecular flexibility index (Phi) is 4.54. The van der Waals surface area contributed by atoms with Crippen molar-refractivity contribution in [1.82, 2.24) is 19.5 Å². The molecule has 0 radical (unpaired) electrons. The molecule has 130 valence electrons. The summed E-state index contributed by atoms with van der Waals surface area (Å²) in [5.74, 6) is 0.356. The Balaban J connectivity index is 1.69. The number of benzene rings is 1. The van der Waals surface area contributed by atoms with E-state index in [0.717, 1.165) is 29.8 Å². The van der Waals surface area contributed by atoms with Crippen molar-refractivity contribution >= 4 is 34.4 Å². The molecule has 25 heavy (non-hydrogen) atoms. The summed E-state index contributed by atoms with van der Waals surface area (Å²) in [4.78, 5) is 13.4. The number of hydrogen-bond acceptors (Lipinski definition) is 6. The summed E-state index contributed by atoms with van der Waals surface area (Å²) >= 11 is 1.66. The number of ether oxygens (including phenoxy) is 1. The summed E-state index contributed by atoms with van der Waals surface area (Å²) in [5, 5.41) is 3.14. The Morgan fingerprint density at radius 3 is 2.80 bits per heavy atom. The van der Waals surface area contributed by atoms with Gasteiger partial charge in [-0.05, 0) is 49.8 Å². The quantitative estimate of drug-likeness (QED) is 0.558. The van der Waals surface area contributed by atoms with Crippen molar-refractivity contribution < 1.29 is 9.13 Å². The van der Waals surface area contributed by atoms with Crippen LogP contribution in [0.3, 0.4) is 0 Å². The maximum absolute atomic E-state index is 14.0. The van der Waals surface area contributed by atoms with Gasteiger partial charge in [0.05, 0.1) is 6.33 Å². The van der Waals surface area contributed by atoms with Gasteiger partial charge in [0.25, 0.3) is 0 Å². The van der Waals surface area contributed by atoms with Crippen molar-refractivity contribution in [2.45, 2.75) is 30.4 Å². The highest BCUT2D eigenvalue weighted by molar-refractivity contribution is 7.98. The number of nitrogens with zero attached hydrogens (tertiary/aromatic N) is 4. The molecule has 1 fully saturated rings. The first-order chi connectivity index (χ1) is 12.2. The van der Waals surface area contributed by atoms with Gasteiger partial charge in [0, 0.05) is 17.2 Å². The zero-order chi connectivity index (χ0) is 17.2. The molecule has 0 bridgehead atoms. The molecule has 8 heteroatoms. The van der Waals surface area contributed by atoms with E-state index in [4.69, 9.17) is 4.74 Å². The van der Waals surface area contributed by atoms with Crippen LogP contribution < -0.4 is 5.32 Å². The summed E-state index contributed by atoms with van der Waals surface area (Å²) < 4.78 is 21.6. The number of halogens is 1. The smallest absolute Gasteiger partial charge is 0.312 e. The molecule has 1 unspecified atom stereocenters. The van der Waals surface area contributed by atoms with Crippen LogP contribution in [0.15, 0.2) is 35.5 Å². The molecule has 0 amide bonds. The lowest BCUT2D eigenvalue weighted by Crippen LogP contribution is -2.18. The summed E-state index contributed by atoms with van der Waals surface area (Å²) in [6.07, 6.45) is 5.73. The van der Waals surface area contributed by atoms with Gasteiger partial charge in [0.2, 0.25) is 0 Å². The minimum absolute atomic E-state index is 0.151. The van der Waals surface area contributed by atoms with Crippen LogP contribution in [0, 0.1) is 6.08 Å². The number of fused-ring (bicyclic) bond motifs is 1. The second kappa shape index (κ2) is 6.97. The minimum atomic E-state index is -0.784. The van der Waals surface area contributed by atoms with E-state index >= 15 is 0 Å². The van der Waals surface area contributed by atoms with Crippen molar-refractivity contribution in [1.29, 1.82) is 0 Å². The van der Waals surface area contributed by atoms with Crippen molar-refractivity contribution in [2.75, 3.05) is 18.2 Å². The van der Waals surface area contributed by atoms with Crippen LogP contribution in [0.25, 0.3) is 11.2 Å². The third-order valence-electron chi connectivity index (χ3n) is 4.21. The van der Waals surface area contributed by atoms with E-state index in [1.165, 1.54) is 0 Å². The topological polar surface area (TPSA) is 64.9 Å². The predicted molar refractivity (Wildman–Crippen MR) is 95.6 cm³/mol. The van der Waals surface area contributed by atoms with Gasteiger partial charge < -0.3 is 10.1 Å². The fourth-order valence-corrected chi connectivity index (χ4v) is 3.35. The fourth-order valence-electron chi connectivity index (χ4n) is 2.94. The highest BCUT2D eigenvalue weighted by Crippen LogP contribution is 2.29. The molecule has 6 nitrogen and oxygen atoms in total. The number of aromatic nitrogens is 4. The van der Waals surface area contributed by atoms with Gasteiger partial charge in [-0.1, -0.05) is 0 Å². The predicted octanol–water partition coefficient (Wildman–Crippen LogP) is 4.13. The summed E-state index contributed by atoms with van der Waals surface area (Å²) in [7, 11) is 0. The molecule has 3 aromatic rings. The highest BCUT2D eigenvalue weighted by Gasteiger charge is 2.21. The monoisotopic (exact) mass is 359 g/mol. The minimum Gasteiger partial charge on any atom is -0.358 e. The number of thioether (sulfide) groups is 1. The van der Waals surface area contributed by atoms with Crippen molar-refractivity contribution in [3.05, 3.63) is 36.7 Å². The third-order valence-corrected chi connectivity index (χ3v) is 4.96. The third kappa shape index (κ3) is 3.32. The molecule has 1 atom stereocenters. The Hall–Kier alpha value is -2.19. The maximum Gasteiger partial charge on any atom is 0.312 e. The van der Waals surface area contributed by atoms with Crippen LogP contribution in [-0.2, 0) is 4.74 Å². The molecule has 1 saturated heterocycles. The first-order valence-corrected chi connectivity index (χ1v) is 9.40. The standard InChI is InChI=1S/C17H18FN5OS/c1-25-12-7-5-11(6-8-12)20-15-14-16(22-17(18)21-15)23(10-19-14)13-4-2-3-9-24-13/h5-8,10,13H,2-4,9H2,1H3,(H,20,21,22). The summed E-state index contributed by atoms with van der Waals surface area (Å²) in [5.41, 5.74) is 1.80. The lowest BCUT2D eigenvalue weighted by molar-refractivity contribution is -0.0298. The molecule has 4 rings (SSSR count). The largest absolute Gasteiger partial charge is 0.358 e. The lowest BCUT2D eigenvalue weighted by atomic mass is 10.2. The number of imidazole rings is 1. The van der Waals surface area contributed by atoms with Crippen LogP contribution in [0.1, 0.15) is 25.5 Å². The number of anilines is 2. The van der Waals surface area contributed by atoms with Gasteiger partial charge in [0.15, 0.2) is 17.0 Å². The maximum atomic E-state index is 14.0. The fraction of sp³-hybridized carbons (Fsp3) is 0.353. The van der Waals surface area contributed by atoms with Crippen LogP contribution in [0.5, 0.6) is 0 Å². The van der Waals surface area contributed by atoms with Crippen LogP contribution in [-0.4, -0.2) is 32.4 Å². The van der Waals surface area contributed by atoms with Crippen LogP contribution >= 0.6 is 11.8 Å². The molecule has 0 spiro atoms. The SMILES string of the molecule is CSc1ccc(Nc2nc(F)nc3c2ncn3C2CCCCO2)cc1. The lowest BCUT2D eigenvalue weighted by Gasteiger charge is -2.23. The second-order valence-corrected chi connectivity index (χ2v) is 6.72. The molecular formula is C17H18FN5OS. The van der Waals surface area contributed by atoms with E-state index in [0.29, 0.717) is 23.6 Å². The van der Waals surface area contributed by atoms with Gasteiger partial charge in [-0.15, -0.1) is 11.8 Å². The van der Waals surface area contributed by atoms with Crippen molar-refractivity contribution in [3.8, 4) is 0 Å². The van der Waals surface area contributed by atoms with E-state index < -0.39 is 6.08 Å². The Labute approximate surface area is 148 Å². The van der Waals surface area contributed by atoms with Gasteiger partial charge in [-0.25, -0.2) is 4.98 Å². The highest BCUT2D eigenvalue weighted by atomic mass is 32.2. The van der Waals surface area contributed by atoms with Crippen molar-refractivity contribution in [3.63, 3.8) is 0 Å². The Bertz CT molecular complexity index is 877. The van der Waals surface area contributed by atoms with E-state index in [-0.39, 0.29) is 6.23 Å². The molecule has 0 saturated carbocycles. The van der Waals surface area contributed by atoms with Gasteiger partial charge in [0.1, 0.15) is 6.23 Å². The zero-order valence-corrected chi connectivity index (χ0v) is 14.6.